The lowest BCUT2D eigenvalue weighted by atomic mass is 9.57. The summed E-state index contributed by atoms with van der Waals surface area (Å²) in [5, 5.41) is 3.06. The number of ether oxygens (including phenoxy) is 1. The van der Waals surface area contributed by atoms with Gasteiger partial charge in [0.2, 0.25) is 0 Å². The largest absolute Gasteiger partial charge is 0.492 e. The lowest BCUT2D eigenvalue weighted by Crippen LogP contribution is -2.62. The van der Waals surface area contributed by atoms with E-state index in [1.807, 2.05) is 85.9 Å². The standard InChI is InChI=1S/C26H22N2O3/c1-28-15-20(17-9-3-2-4-10-17)25(16-31-22-14-8-5-11-18(22)23(25)29)26(28)19-12-6-7-13-21(19)27-24(26)30/h2-14,20H,15-16H2,1H3,(H,27,30)/t20-,25+,26+/m0/s1. The molecule has 3 atom stereocenters. The molecule has 2 spiro atoms. The van der Waals surface area contributed by atoms with Crippen LogP contribution in [0.2, 0.25) is 0 Å². The Bertz CT molecular complexity index is 1220. The molecule has 0 bridgehead atoms. The Balaban J connectivity index is 1.68. The van der Waals surface area contributed by atoms with Gasteiger partial charge in [-0.05, 0) is 30.8 Å². The van der Waals surface area contributed by atoms with E-state index in [0.29, 0.717) is 17.9 Å². The van der Waals surface area contributed by atoms with Crippen molar-refractivity contribution in [3.05, 3.63) is 95.6 Å². The number of hydrogen-bond donors (Lipinski definition) is 1. The number of hydrogen-bond acceptors (Lipinski definition) is 4. The van der Waals surface area contributed by atoms with Gasteiger partial charge in [-0.15, -0.1) is 0 Å². The smallest absolute Gasteiger partial charge is 0.250 e. The van der Waals surface area contributed by atoms with Gasteiger partial charge in [-0.1, -0.05) is 60.7 Å². The third kappa shape index (κ3) is 2.09. The predicted molar refractivity (Wildman–Crippen MR) is 117 cm³/mol. The van der Waals surface area contributed by atoms with Crippen LogP contribution in [0, 0.1) is 5.41 Å². The molecule has 0 unspecified atom stereocenters. The summed E-state index contributed by atoms with van der Waals surface area (Å²) >= 11 is 0. The highest BCUT2D eigenvalue weighted by molar-refractivity contribution is 6.15. The molecule has 1 fully saturated rings. The van der Waals surface area contributed by atoms with E-state index in [-0.39, 0.29) is 24.2 Å². The van der Waals surface area contributed by atoms with Gasteiger partial charge >= 0.3 is 0 Å². The van der Waals surface area contributed by atoms with Crippen molar-refractivity contribution in [2.45, 2.75) is 11.5 Å². The van der Waals surface area contributed by atoms with Crippen LogP contribution in [0.3, 0.4) is 0 Å². The maximum atomic E-state index is 14.4. The van der Waals surface area contributed by atoms with Crippen LogP contribution in [-0.2, 0) is 10.3 Å². The number of nitrogens with zero attached hydrogens (tertiary/aromatic N) is 1. The van der Waals surface area contributed by atoms with Gasteiger partial charge in [0.05, 0.1) is 5.56 Å². The van der Waals surface area contributed by atoms with Crippen molar-refractivity contribution >= 4 is 17.4 Å². The van der Waals surface area contributed by atoms with E-state index < -0.39 is 11.0 Å². The van der Waals surface area contributed by atoms with Gasteiger partial charge in [0.1, 0.15) is 23.3 Å². The molecule has 0 radical (unpaired) electrons. The zero-order valence-electron chi connectivity index (χ0n) is 17.2. The Morgan fingerprint density at radius 3 is 2.48 bits per heavy atom. The molecular weight excluding hydrogens is 388 g/mol. The zero-order valence-corrected chi connectivity index (χ0v) is 17.2. The van der Waals surface area contributed by atoms with E-state index in [1.165, 1.54) is 0 Å². The van der Waals surface area contributed by atoms with Crippen LogP contribution in [0.1, 0.15) is 27.4 Å². The van der Waals surface area contributed by atoms with E-state index in [2.05, 4.69) is 10.2 Å². The molecule has 6 rings (SSSR count). The fraction of sp³-hybridized carbons (Fsp3) is 0.231. The lowest BCUT2D eigenvalue weighted by molar-refractivity contribution is -0.131. The summed E-state index contributed by atoms with van der Waals surface area (Å²) in [6.45, 7) is 0.720. The van der Waals surface area contributed by atoms with Gasteiger partial charge in [-0.3, -0.25) is 14.5 Å². The van der Waals surface area contributed by atoms with Crippen LogP contribution in [0.15, 0.2) is 78.9 Å². The lowest BCUT2D eigenvalue weighted by Gasteiger charge is -2.47. The van der Waals surface area contributed by atoms with Gasteiger partial charge < -0.3 is 10.1 Å². The van der Waals surface area contributed by atoms with Gasteiger partial charge in [0.25, 0.3) is 5.91 Å². The van der Waals surface area contributed by atoms with Crippen molar-refractivity contribution in [3.63, 3.8) is 0 Å². The highest BCUT2D eigenvalue weighted by atomic mass is 16.5. The maximum absolute atomic E-state index is 14.4. The molecule has 154 valence electrons. The molecule has 3 aliphatic heterocycles. The first-order valence-corrected chi connectivity index (χ1v) is 10.5. The first-order chi connectivity index (χ1) is 15.1. The second-order valence-corrected chi connectivity index (χ2v) is 8.64. The fourth-order valence-electron chi connectivity index (χ4n) is 6.10. The van der Waals surface area contributed by atoms with Crippen molar-refractivity contribution in [2.24, 2.45) is 5.41 Å². The number of rotatable bonds is 1. The Morgan fingerprint density at radius 2 is 1.65 bits per heavy atom. The summed E-state index contributed by atoms with van der Waals surface area (Å²) in [5.41, 5.74) is 0.959. The van der Waals surface area contributed by atoms with Gasteiger partial charge in [0.15, 0.2) is 5.78 Å². The molecule has 0 saturated carbocycles. The average Bonchev–Trinajstić information content (AvgIpc) is 3.25. The molecule has 0 aromatic heterocycles. The molecule has 0 aliphatic carbocycles. The molecule has 31 heavy (non-hydrogen) atoms. The van der Waals surface area contributed by atoms with Gasteiger partial charge in [0, 0.05) is 23.7 Å². The number of carbonyl (C=O) groups is 2. The third-order valence-corrected chi connectivity index (χ3v) is 7.36. The topological polar surface area (TPSA) is 58.6 Å². The summed E-state index contributed by atoms with van der Waals surface area (Å²) in [6, 6.07) is 25.1. The quantitative estimate of drug-likeness (QED) is 0.663. The Morgan fingerprint density at radius 1 is 0.935 bits per heavy atom. The number of amides is 1. The third-order valence-electron chi connectivity index (χ3n) is 7.36. The summed E-state index contributed by atoms with van der Waals surface area (Å²) in [5.74, 6) is 0.197. The second kappa shape index (κ2) is 6.28. The Hall–Kier alpha value is -3.44. The number of nitrogens with one attached hydrogen (secondary N) is 1. The minimum absolute atomic E-state index is 0.0283. The van der Waals surface area contributed by atoms with Crippen molar-refractivity contribution in [1.29, 1.82) is 0 Å². The zero-order chi connectivity index (χ0) is 21.2. The fourth-order valence-corrected chi connectivity index (χ4v) is 6.10. The van der Waals surface area contributed by atoms with Crippen molar-refractivity contribution in [3.8, 4) is 5.75 Å². The number of benzene rings is 3. The Labute approximate surface area is 180 Å². The number of ketones is 1. The Kier molecular flexibility index (Phi) is 3.72. The molecule has 3 heterocycles. The predicted octanol–water partition coefficient (Wildman–Crippen LogP) is 3.82. The number of carbonyl (C=O) groups excluding carboxylic acids is 2. The second-order valence-electron chi connectivity index (χ2n) is 8.64. The molecule has 3 aliphatic rings. The number of fused-ring (bicyclic) bond motifs is 4. The van der Waals surface area contributed by atoms with Crippen LogP contribution >= 0.6 is 0 Å². The number of Topliss-reactive ketones (excluding diaryl/α,β-unsaturated/α-hetero) is 1. The minimum Gasteiger partial charge on any atom is -0.492 e. The van der Waals surface area contributed by atoms with Gasteiger partial charge in [-0.2, -0.15) is 0 Å². The molecule has 3 aromatic carbocycles. The number of anilines is 1. The van der Waals surface area contributed by atoms with Crippen LogP contribution < -0.4 is 10.1 Å². The molecule has 3 aromatic rings. The van der Waals surface area contributed by atoms with Crippen LogP contribution in [0.4, 0.5) is 5.69 Å². The van der Waals surface area contributed by atoms with E-state index in [0.717, 1.165) is 16.8 Å². The van der Waals surface area contributed by atoms with Crippen LogP contribution in [0.5, 0.6) is 5.75 Å². The van der Waals surface area contributed by atoms with E-state index in [4.69, 9.17) is 4.74 Å². The maximum Gasteiger partial charge on any atom is 0.250 e. The number of para-hydroxylation sites is 2. The first kappa shape index (κ1) is 18.3. The van der Waals surface area contributed by atoms with E-state index in [1.54, 1.807) is 0 Å². The summed E-state index contributed by atoms with van der Waals surface area (Å²) in [6.07, 6.45) is 0. The highest BCUT2D eigenvalue weighted by Crippen LogP contribution is 2.64. The summed E-state index contributed by atoms with van der Waals surface area (Å²) in [7, 11) is 1.94. The minimum atomic E-state index is -1.14. The SMILES string of the molecule is CN1C[C@@H](c2ccccc2)[C@@]2(COc3ccccc3C2=O)[C@@]12C(=O)Nc1ccccc12. The van der Waals surface area contributed by atoms with Crippen LogP contribution in [-0.4, -0.2) is 36.8 Å². The average molecular weight is 410 g/mol. The highest BCUT2D eigenvalue weighted by Gasteiger charge is 2.75. The number of likely N-dealkylation sites (tertiary alicyclic amines) is 1. The monoisotopic (exact) mass is 410 g/mol. The summed E-state index contributed by atoms with van der Waals surface area (Å²) < 4.78 is 6.25. The van der Waals surface area contributed by atoms with Crippen molar-refractivity contribution in [2.75, 3.05) is 25.5 Å². The first-order valence-electron chi connectivity index (χ1n) is 10.5. The summed E-state index contributed by atoms with van der Waals surface area (Å²) in [4.78, 5) is 30.3. The van der Waals surface area contributed by atoms with E-state index in [9.17, 15) is 9.59 Å². The van der Waals surface area contributed by atoms with Crippen molar-refractivity contribution in [1.82, 2.24) is 4.90 Å². The molecule has 5 heteroatoms. The molecule has 1 N–H and O–H groups in total. The molecule has 1 amide bonds. The molecule has 1 saturated heterocycles. The number of likely N-dealkylation sites (N-methyl/N-ethyl adjacent to an activating group) is 1. The van der Waals surface area contributed by atoms with Gasteiger partial charge in [-0.25, -0.2) is 0 Å². The normalized spacial score (nSPS) is 29.0. The van der Waals surface area contributed by atoms with Crippen molar-refractivity contribution < 1.29 is 14.3 Å². The van der Waals surface area contributed by atoms with Crippen LogP contribution in [0.25, 0.3) is 0 Å². The molecule has 5 nitrogen and oxygen atoms in total. The molecular formula is C26H22N2O3. The van der Waals surface area contributed by atoms with E-state index >= 15 is 0 Å².